The molecule has 3 heteroatoms. The van der Waals surface area contributed by atoms with Gasteiger partial charge in [0.1, 0.15) is 0 Å². The molecule has 7 rings (SSSR count). The zero-order valence-corrected chi connectivity index (χ0v) is 16.2. The van der Waals surface area contributed by atoms with Crippen molar-refractivity contribution in [2.24, 2.45) is 0 Å². The van der Waals surface area contributed by atoms with Gasteiger partial charge in [-0.05, 0) is 18.2 Å². The molecule has 6 aromatic heterocycles. The summed E-state index contributed by atoms with van der Waals surface area (Å²) >= 11 is 0. The van der Waals surface area contributed by atoms with Gasteiger partial charge in [0.25, 0.3) is 0 Å². The van der Waals surface area contributed by atoms with Crippen molar-refractivity contribution in [3.05, 3.63) is 110 Å². The van der Waals surface area contributed by atoms with E-state index in [1.807, 2.05) is 0 Å². The maximum atomic E-state index is 2.31. The molecule has 3 nitrogen and oxygen atoms in total. The summed E-state index contributed by atoms with van der Waals surface area (Å²) in [5.41, 5.74) is 3.58. The molecule has 7 aromatic rings. The topological polar surface area (TPSA) is 12.3 Å². The summed E-state index contributed by atoms with van der Waals surface area (Å²) in [4.78, 5) is 0. The molecule has 30 heavy (non-hydrogen) atoms. The summed E-state index contributed by atoms with van der Waals surface area (Å²) in [5.74, 6) is 0. The maximum absolute atomic E-state index is 2.31. The fraction of sp³-hybridized carbons (Fsp3) is 0. The monoisotopic (exact) mass is 384 g/mol. The van der Waals surface area contributed by atoms with Crippen LogP contribution >= 0.6 is 0 Å². The highest BCUT2D eigenvalue weighted by Crippen LogP contribution is 2.34. The zero-order valence-electron chi connectivity index (χ0n) is 16.2. The Labute approximate surface area is 172 Å². The average molecular weight is 384 g/mol. The van der Waals surface area contributed by atoms with Crippen LogP contribution in [0.1, 0.15) is 0 Å². The summed E-state index contributed by atoms with van der Waals surface area (Å²) in [6.45, 7) is 0. The molecule has 0 spiro atoms. The van der Waals surface area contributed by atoms with E-state index >= 15 is 0 Å². The predicted molar refractivity (Wildman–Crippen MR) is 118 cm³/mol. The van der Waals surface area contributed by atoms with Gasteiger partial charge < -0.3 is 0 Å². The Morgan fingerprint density at radius 2 is 0.700 bits per heavy atom. The van der Waals surface area contributed by atoms with Crippen LogP contribution in [-0.4, -0.2) is 0 Å². The van der Waals surface area contributed by atoms with Crippen molar-refractivity contribution < 1.29 is 13.2 Å². The third kappa shape index (κ3) is 2.12. The van der Waals surface area contributed by atoms with Crippen LogP contribution in [-0.2, 0) is 0 Å². The number of pyridine rings is 6. The molecule has 0 aliphatic carbocycles. The number of hydrogen-bond donors (Lipinski definition) is 0. The summed E-state index contributed by atoms with van der Waals surface area (Å²) in [7, 11) is 0. The van der Waals surface area contributed by atoms with Crippen molar-refractivity contribution in [3.63, 3.8) is 0 Å². The van der Waals surface area contributed by atoms with Crippen molar-refractivity contribution in [2.45, 2.75) is 0 Å². The minimum atomic E-state index is 1.19. The number of fused-ring (bicyclic) bond motifs is 9. The van der Waals surface area contributed by atoms with Gasteiger partial charge in [-0.25, -0.2) is 0 Å². The van der Waals surface area contributed by atoms with E-state index in [1.165, 1.54) is 48.9 Å². The normalized spacial score (nSPS) is 12.0. The Kier molecular flexibility index (Phi) is 3.00. The second kappa shape index (κ2) is 5.71. The number of rotatable bonds is 0. The standard InChI is InChI=1S/C27H18N3/c1-4-10-28-16-25-22(13-19(28)7-1)26-17-29-11-5-2-9-21(29)15-24(26)27-18-30-12-6-3-8-20(30)14-23(25)27/h1-18H/q+3. The van der Waals surface area contributed by atoms with Crippen LogP contribution in [0.2, 0.25) is 0 Å². The van der Waals surface area contributed by atoms with Gasteiger partial charge in [0.2, 0.25) is 16.6 Å². The lowest BCUT2D eigenvalue weighted by Gasteiger charge is -2.07. The molecule has 0 amide bonds. The highest BCUT2D eigenvalue weighted by atomic mass is 14.9. The second-order valence-corrected chi connectivity index (χ2v) is 7.90. The highest BCUT2D eigenvalue weighted by Gasteiger charge is 2.19. The minimum Gasteiger partial charge on any atom is -0.167 e. The predicted octanol–water partition coefficient (Wildman–Crippen LogP) is 4.36. The molecule has 0 aliphatic rings. The summed E-state index contributed by atoms with van der Waals surface area (Å²) in [5, 5.41) is 7.64. The molecule has 0 saturated heterocycles. The molecule has 0 N–H and O–H groups in total. The van der Waals surface area contributed by atoms with Gasteiger partial charge in [-0.2, -0.15) is 13.2 Å². The first-order chi connectivity index (χ1) is 14.8. The number of hydrogen-bond acceptors (Lipinski definition) is 0. The molecule has 0 bridgehead atoms. The SMILES string of the molecule is c1cc[n+]2cc3c(cc2c1)c1c[n+]2ccccc2cc1c1c[n+]2ccccc2cc31. The maximum Gasteiger partial charge on any atom is 0.211 e. The smallest absolute Gasteiger partial charge is 0.167 e. The first-order valence-electron chi connectivity index (χ1n) is 10.2. The van der Waals surface area contributed by atoms with Crippen LogP contribution in [0.5, 0.6) is 0 Å². The molecular weight excluding hydrogens is 366 g/mol. The molecule has 138 valence electrons. The lowest BCUT2D eigenvalue weighted by molar-refractivity contribution is -0.510. The van der Waals surface area contributed by atoms with Gasteiger partial charge in [0.05, 0.1) is 16.2 Å². The van der Waals surface area contributed by atoms with Crippen LogP contribution < -0.4 is 13.2 Å². The fourth-order valence-corrected chi connectivity index (χ4v) is 4.74. The van der Waals surface area contributed by atoms with Gasteiger partial charge in [-0.1, -0.05) is 0 Å². The molecule has 0 unspecified atom stereocenters. The van der Waals surface area contributed by atoms with Crippen LogP contribution in [0, 0.1) is 0 Å². The first kappa shape index (κ1) is 15.8. The first-order valence-corrected chi connectivity index (χ1v) is 10.2. The number of nitrogens with zero attached hydrogens (tertiary/aromatic N) is 3. The molecule has 6 heterocycles. The van der Waals surface area contributed by atoms with Gasteiger partial charge in [0.15, 0.2) is 37.2 Å². The van der Waals surface area contributed by atoms with E-state index in [2.05, 4.69) is 123 Å². The third-order valence-electron chi connectivity index (χ3n) is 6.19. The van der Waals surface area contributed by atoms with Crippen molar-refractivity contribution in [3.8, 4) is 0 Å². The Bertz CT molecular complexity index is 1430. The van der Waals surface area contributed by atoms with E-state index < -0.39 is 0 Å². The number of aromatic nitrogens is 3. The van der Waals surface area contributed by atoms with E-state index in [0.29, 0.717) is 0 Å². The molecular formula is C27H18N3+3. The Morgan fingerprint density at radius 3 is 1.03 bits per heavy atom. The Hall–Kier alpha value is -4.11. The largest absolute Gasteiger partial charge is 0.211 e. The molecule has 0 aliphatic heterocycles. The van der Waals surface area contributed by atoms with Crippen LogP contribution in [0.25, 0.3) is 48.9 Å². The lowest BCUT2D eigenvalue weighted by Crippen LogP contribution is -2.22. The van der Waals surface area contributed by atoms with Crippen molar-refractivity contribution in [1.82, 2.24) is 0 Å². The van der Waals surface area contributed by atoms with Gasteiger partial charge in [-0.3, -0.25) is 0 Å². The molecule has 1 aromatic carbocycles. The Balaban J connectivity index is 1.82. The Morgan fingerprint density at radius 1 is 0.367 bits per heavy atom. The zero-order chi connectivity index (χ0) is 19.7. The van der Waals surface area contributed by atoms with Crippen LogP contribution in [0.15, 0.2) is 110 Å². The summed E-state index contributed by atoms with van der Waals surface area (Å²) in [6.07, 6.45) is 13.2. The molecule has 0 fully saturated rings. The molecule has 0 saturated carbocycles. The fourth-order valence-electron chi connectivity index (χ4n) is 4.74. The van der Waals surface area contributed by atoms with Crippen molar-refractivity contribution in [2.75, 3.05) is 0 Å². The van der Waals surface area contributed by atoms with E-state index in [-0.39, 0.29) is 0 Å². The van der Waals surface area contributed by atoms with Crippen LogP contribution in [0.4, 0.5) is 0 Å². The quantitative estimate of drug-likeness (QED) is 0.209. The number of benzene rings is 1. The van der Waals surface area contributed by atoms with Gasteiger partial charge in [0, 0.05) is 70.8 Å². The minimum absolute atomic E-state index is 1.19. The highest BCUT2D eigenvalue weighted by molar-refractivity contribution is 6.25. The molecule has 0 atom stereocenters. The third-order valence-corrected chi connectivity index (χ3v) is 6.19. The summed E-state index contributed by atoms with van der Waals surface area (Å²) < 4.78 is 6.64. The van der Waals surface area contributed by atoms with Crippen molar-refractivity contribution >= 4 is 48.9 Å². The van der Waals surface area contributed by atoms with E-state index in [9.17, 15) is 0 Å². The van der Waals surface area contributed by atoms with E-state index in [1.54, 1.807) is 0 Å². The van der Waals surface area contributed by atoms with Gasteiger partial charge in [-0.15, -0.1) is 0 Å². The lowest BCUT2D eigenvalue weighted by atomic mass is 9.96. The molecule has 0 radical (unpaired) electrons. The average Bonchev–Trinajstić information content (AvgIpc) is 2.81. The van der Waals surface area contributed by atoms with Crippen LogP contribution in [0.3, 0.4) is 0 Å². The van der Waals surface area contributed by atoms with E-state index in [0.717, 1.165) is 0 Å². The van der Waals surface area contributed by atoms with Gasteiger partial charge >= 0.3 is 0 Å². The van der Waals surface area contributed by atoms with E-state index in [4.69, 9.17) is 0 Å². The van der Waals surface area contributed by atoms with Crippen molar-refractivity contribution in [1.29, 1.82) is 0 Å². The summed E-state index contributed by atoms with van der Waals surface area (Å²) in [6, 6.07) is 26.0. The second-order valence-electron chi connectivity index (χ2n) is 7.90.